The van der Waals surface area contributed by atoms with Crippen molar-refractivity contribution in [3.8, 4) is 0 Å². The van der Waals surface area contributed by atoms with Crippen molar-refractivity contribution >= 4 is 40.9 Å². The molecule has 1 aromatic heterocycles. The molecule has 164 valence electrons. The maximum Gasteiger partial charge on any atom is 0.258 e. The van der Waals surface area contributed by atoms with Crippen molar-refractivity contribution in [1.29, 1.82) is 0 Å². The fourth-order valence-electron chi connectivity index (χ4n) is 4.36. The molecule has 8 nitrogen and oxygen atoms in total. The Kier molecular flexibility index (Phi) is 6.00. The van der Waals surface area contributed by atoms with Crippen molar-refractivity contribution < 1.29 is 9.59 Å². The molecule has 0 saturated carbocycles. The van der Waals surface area contributed by atoms with E-state index in [0.717, 1.165) is 37.8 Å². The van der Waals surface area contributed by atoms with Gasteiger partial charge in [-0.2, -0.15) is 4.98 Å². The highest BCUT2D eigenvalue weighted by Gasteiger charge is 2.36. The molecule has 1 aromatic carbocycles. The molecule has 1 saturated heterocycles. The van der Waals surface area contributed by atoms with E-state index in [1.807, 2.05) is 13.0 Å². The van der Waals surface area contributed by atoms with E-state index in [1.54, 1.807) is 12.1 Å². The fourth-order valence-corrected chi connectivity index (χ4v) is 4.65. The number of H-pyrrole nitrogens is 1. The van der Waals surface area contributed by atoms with Gasteiger partial charge < -0.3 is 15.5 Å². The minimum Gasteiger partial charge on any atom is -0.339 e. The standard InChI is InChI=1S/C22H26ClN5O3/c1-3-13-6-4-5-9-28(13)22-26-19-18(21(31)27-22)14(11-17(29)25-19)20(30)24-16-8-7-12(2)10-15(16)23/h7-8,10,13-14H,3-6,9,11H2,1-2H3,(H,24,30)(H2,25,26,27,29,31)/t13-,14-/m0/s1. The number of rotatable bonds is 4. The summed E-state index contributed by atoms with van der Waals surface area (Å²) in [5, 5.41) is 5.82. The van der Waals surface area contributed by atoms with Gasteiger partial charge in [0.05, 0.1) is 22.2 Å². The van der Waals surface area contributed by atoms with E-state index >= 15 is 0 Å². The van der Waals surface area contributed by atoms with Crippen molar-refractivity contribution in [2.45, 2.75) is 57.9 Å². The molecule has 3 heterocycles. The van der Waals surface area contributed by atoms with Crippen molar-refractivity contribution in [2.24, 2.45) is 0 Å². The van der Waals surface area contributed by atoms with Crippen LogP contribution in [0.4, 0.5) is 17.5 Å². The van der Waals surface area contributed by atoms with Gasteiger partial charge in [-0.3, -0.25) is 19.4 Å². The Hall–Kier alpha value is -2.87. The van der Waals surface area contributed by atoms with E-state index in [4.69, 9.17) is 11.6 Å². The number of aromatic nitrogens is 2. The Bertz CT molecular complexity index is 1080. The Morgan fingerprint density at radius 2 is 2.13 bits per heavy atom. The fraction of sp³-hybridized carbons (Fsp3) is 0.455. The van der Waals surface area contributed by atoms with Crippen LogP contribution in [0.3, 0.4) is 0 Å². The van der Waals surface area contributed by atoms with Gasteiger partial charge in [-0.1, -0.05) is 24.6 Å². The normalized spacial score (nSPS) is 20.7. The number of fused-ring (bicyclic) bond motifs is 1. The van der Waals surface area contributed by atoms with Crippen LogP contribution >= 0.6 is 11.6 Å². The van der Waals surface area contributed by atoms with Crippen LogP contribution in [-0.2, 0) is 9.59 Å². The number of hydrogen-bond donors (Lipinski definition) is 3. The predicted molar refractivity (Wildman–Crippen MR) is 121 cm³/mol. The second-order valence-corrected chi connectivity index (χ2v) is 8.59. The number of carbonyl (C=O) groups is 2. The zero-order valence-electron chi connectivity index (χ0n) is 17.6. The molecule has 0 bridgehead atoms. The van der Waals surface area contributed by atoms with Crippen LogP contribution in [0.2, 0.25) is 5.02 Å². The van der Waals surface area contributed by atoms with E-state index in [1.165, 1.54) is 0 Å². The van der Waals surface area contributed by atoms with Crippen molar-refractivity contribution in [3.05, 3.63) is 44.7 Å². The van der Waals surface area contributed by atoms with Crippen LogP contribution in [-0.4, -0.2) is 34.4 Å². The Labute approximate surface area is 185 Å². The molecule has 4 rings (SSSR count). The third-order valence-corrected chi connectivity index (χ3v) is 6.32. The van der Waals surface area contributed by atoms with Crippen molar-refractivity contribution in [1.82, 2.24) is 9.97 Å². The lowest BCUT2D eigenvalue weighted by molar-refractivity contribution is -0.123. The van der Waals surface area contributed by atoms with Gasteiger partial charge in [-0.05, 0) is 50.3 Å². The number of benzene rings is 1. The smallest absolute Gasteiger partial charge is 0.258 e. The molecule has 9 heteroatoms. The molecule has 0 unspecified atom stereocenters. The summed E-state index contributed by atoms with van der Waals surface area (Å²) in [7, 11) is 0. The lowest BCUT2D eigenvalue weighted by Crippen LogP contribution is -2.43. The predicted octanol–water partition coefficient (Wildman–Crippen LogP) is 3.57. The molecule has 2 amide bonds. The minimum absolute atomic E-state index is 0.131. The number of aromatic amines is 1. The van der Waals surface area contributed by atoms with Gasteiger partial charge in [0.1, 0.15) is 5.82 Å². The number of hydrogen-bond acceptors (Lipinski definition) is 5. The molecule has 2 aromatic rings. The van der Waals surface area contributed by atoms with Gasteiger partial charge in [-0.15, -0.1) is 0 Å². The molecule has 2 aliphatic rings. The summed E-state index contributed by atoms with van der Waals surface area (Å²) in [5.41, 5.74) is 1.16. The molecule has 3 N–H and O–H groups in total. The number of halogens is 1. The van der Waals surface area contributed by atoms with Crippen LogP contribution in [0, 0.1) is 6.92 Å². The quantitative estimate of drug-likeness (QED) is 0.669. The Morgan fingerprint density at radius 3 is 2.87 bits per heavy atom. The summed E-state index contributed by atoms with van der Waals surface area (Å²) in [6.07, 6.45) is 4.01. The Balaban J connectivity index is 1.66. The maximum atomic E-state index is 13.0. The number of piperidine rings is 1. The highest BCUT2D eigenvalue weighted by Crippen LogP contribution is 2.32. The third-order valence-electron chi connectivity index (χ3n) is 6.01. The molecule has 2 aliphatic heterocycles. The van der Waals surface area contributed by atoms with E-state index in [-0.39, 0.29) is 29.8 Å². The zero-order chi connectivity index (χ0) is 22.1. The van der Waals surface area contributed by atoms with E-state index in [0.29, 0.717) is 16.7 Å². The first-order chi connectivity index (χ1) is 14.9. The summed E-state index contributed by atoms with van der Waals surface area (Å²) in [5.74, 6) is -1.16. The largest absolute Gasteiger partial charge is 0.339 e. The molecular weight excluding hydrogens is 418 g/mol. The lowest BCUT2D eigenvalue weighted by Gasteiger charge is -2.36. The molecule has 31 heavy (non-hydrogen) atoms. The molecule has 0 radical (unpaired) electrons. The lowest BCUT2D eigenvalue weighted by atomic mass is 9.92. The highest BCUT2D eigenvalue weighted by molar-refractivity contribution is 6.33. The molecule has 0 aliphatic carbocycles. The van der Waals surface area contributed by atoms with Crippen molar-refractivity contribution in [2.75, 3.05) is 22.1 Å². The summed E-state index contributed by atoms with van der Waals surface area (Å²) in [6, 6.07) is 5.55. The maximum absolute atomic E-state index is 13.0. The van der Waals surface area contributed by atoms with Crippen LogP contribution in [0.5, 0.6) is 0 Å². The van der Waals surface area contributed by atoms with Crippen LogP contribution in [0.1, 0.15) is 56.1 Å². The minimum atomic E-state index is -0.949. The van der Waals surface area contributed by atoms with Gasteiger partial charge in [-0.25, -0.2) is 0 Å². The topological polar surface area (TPSA) is 107 Å². The van der Waals surface area contributed by atoms with E-state index < -0.39 is 17.4 Å². The first-order valence-electron chi connectivity index (χ1n) is 10.6. The Morgan fingerprint density at radius 1 is 1.32 bits per heavy atom. The zero-order valence-corrected chi connectivity index (χ0v) is 18.4. The van der Waals surface area contributed by atoms with Crippen molar-refractivity contribution in [3.63, 3.8) is 0 Å². The molecular formula is C22H26ClN5O3. The number of nitrogens with one attached hydrogen (secondary N) is 3. The van der Waals surface area contributed by atoms with Gasteiger partial charge in [0.2, 0.25) is 17.8 Å². The number of aryl methyl sites for hydroxylation is 1. The van der Waals surface area contributed by atoms with Crippen LogP contribution < -0.4 is 21.1 Å². The average molecular weight is 444 g/mol. The van der Waals surface area contributed by atoms with E-state index in [2.05, 4.69) is 32.4 Å². The number of carbonyl (C=O) groups excluding carboxylic acids is 2. The first-order valence-corrected chi connectivity index (χ1v) is 11.0. The highest BCUT2D eigenvalue weighted by atomic mass is 35.5. The second kappa shape index (κ2) is 8.70. The molecule has 0 spiro atoms. The summed E-state index contributed by atoms with van der Waals surface area (Å²) < 4.78 is 0. The van der Waals surface area contributed by atoms with Crippen LogP contribution in [0.25, 0.3) is 0 Å². The summed E-state index contributed by atoms with van der Waals surface area (Å²) >= 11 is 6.23. The van der Waals surface area contributed by atoms with Crippen LogP contribution in [0.15, 0.2) is 23.0 Å². The SMILES string of the molecule is CC[C@H]1CCCCN1c1nc2c(c(=O)[nH]1)[C@@H](C(=O)Nc1ccc(C)cc1Cl)CC(=O)N2. The summed E-state index contributed by atoms with van der Waals surface area (Å²) in [6.45, 7) is 4.80. The summed E-state index contributed by atoms with van der Waals surface area (Å²) in [4.78, 5) is 47.9. The second-order valence-electron chi connectivity index (χ2n) is 8.18. The number of amides is 2. The number of nitrogens with zero attached hydrogens (tertiary/aromatic N) is 2. The molecule has 1 fully saturated rings. The monoisotopic (exact) mass is 443 g/mol. The average Bonchev–Trinajstić information content (AvgIpc) is 2.74. The van der Waals surface area contributed by atoms with Gasteiger partial charge in [0.15, 0.2) is 0 Å². The van der Waals surface area contributed by atoms with Gasteiger partial charge in [0, 0.05) is 19.0 Å². The molecule has 2 atom stereocenters. The van der Waals surface area contributed by atoms with Gasteiger partial charge >= 0.3 is 0 Å². The first kappa shape index (κ1) is 21.4. The van der Waals surface area contributed by atoms with E-state index in [9.17, 15) is 14.4 Å². The third kappa shape index (κ3) is 4.30. The number of anilines is 3. The van der Waals surface area contributed by atoms with Gasteiger partial charge in [0.25, 0.3) is 5.56 Å².